The summed E-state index contributed by atoms with van der Waals surface area (Å²) in [4.78, 5) is 0. The highest BCUT2D eigenvalue weighted by atomic mass is 14.3. The molecule has 0 heterocycles. The summed E-state index contributed by atoms with van der Waals surface area (Å²) in [6.45, 7) is 0. The summed E-state index contributed by atoms with van der Waals surface area (Å²) < 4.78 is 0. The molecule has 0 saturated heterocycles. The van der Waals surface area contributed by atoms with Crippen LogP contribution in [0.3, 0.4) is 0 Å². The average molecular weight is 266 g/mol. The molecule has 4 rings (SSSR count). The first-order valence-corrected chi connectivity index (χ1v) is 8.72. The zero-order valence-electron chi connectivity index (χ0n) is 12.5. The highest BCUT2D eigenvalue weighted by Crippen LogP contribution is 2.40. The molecule has 0 N–H and O–H groups in total. The van der Waals surface area contributed by atoms with E-state index in [0.29, 0.717) is 0 Å². The molecule has 0 unspecified atom stereocenters. The molecule has 0 spiro atoms. The van der Waals surface area contributed by atoms with E-state index in [-0.39, 0.29) is 0 Å². The van der Waals surface area contributed by atoms with Gasteiger partial charge in [0.2, 0.25) is 0 Å². The molecule has 0 heteroatoms. The smallest absolute Gasteiger partial charge is 0.00413 e. The molecule has 0 atom stereocenters. The third-order valence-corrected chi connectivity index (χ3v) is 5.60. The lowest BCUT2D eigenvalue weighted by molar-refractivity contribution is 0.598. The molecule has 4 aliphatic rings. The van der Waals surface area contributed by atoms with Crippen molar-refractivity contribution in [2.45, 2.75) is 64.2 Å². The van der Waals surface area contributed by atoms with Crippen molar-refractivity contribution in [3.05, 3.63) is 46.6 Å². The molecule has 2 saturated carbocycles. The summed E-state index contributed by atoms with van der Waals surface area (Å²) in [6, 6.07) is 0. The molecule has 0 aromatic rings. The van der Waals surface area contributed by atoms with Crippen molar-refractivity contribution >= 4 is 0 Å². The van der Waals surface area contributed by atoms with Gasteiger partial charge in [-0.1, -0.05) is 30.7 Å². The van der Waals surface area contributed by atoms with E-state index >= 15 is 0 Å². The van der Waals surface area contributed by atoms with Gasteiger partial charge in [0.15, 0.2) is 0 Å². The van der Waals surface area contributed by atoms with Crippen LogP contribution in [0, 0.1) is 11.8 Å². The molecular weight excluding hydrogens is 240 g/mol. The van der Waals surface area contributed by atoms with Gasteiger partial charge >= 0.3 is 0 Å². The van der Waals surface area contributed by atoms with Crippen LogP contribution < -0.4 is 0 Å². The van der Waals surface area contributed by atoms with Crippen LogP contribution in [0.4, 0.5) is 0 Å². The first-order valence-electron chi connectivity index (χ1n) is 8.72. The summed E-state index contributed by atoms with van der Waals surface area (Å²) in [5.74, 6) is 1.50. The lowest BCUT2D eigenvalue weighted by atomic mass is 9.96. The SMILES string of the molecule is C1=C2CCCCCC2=CC1CCC1C=C2CCCC2=C1. The van der Waals surface area contributed by atoms with Crippen molar-refractivity contribution in [3.8, 4) is 0 Å². The van der Waals surface area contributed by atoms with Gasteiger partial charge in [-0.25, -0.2) is 0 Å². The predicted octanol–water partition coefficient (Wildman–Crippen LogP) is 5.88. The maximum Gasteiger partial charge on any atom is -0.00413 e. The molecule has 0 nitrogen and oxygen atoms in total. The predicted molar refractivity (Wildman–Crippen MR) is 85.5 cm³/mol. The van der Waals surface area contributed by atoms with Gasteiger partial charge in [0.1, 0.15) is 0 Å². The number of hydrogen-bond donors (Lipinski definition) is 0. The Labute approximate surface area is 123 Å². The highest BCUT2D eigenvalue weighted by Gasteiger charge is 2.23. The molecule has 0 bridgehead atoms. The Morgan fingerprint density at radius 2 is 0.950 bits per heavy atom. The molecule has 0 amide bonds. The maximum absolute atomic E-state index is 2.59. The number of hydrogen-bond acceptors (Lipinski definition) is 0. The van der Waals surface area contributed by atoms with E-state index in [1.165, 1.54) is 64.2 Å². The van der Waals surface area contributed by atoms with Crippen molar-refractivity contribution in [3.63, 3.8) is 0 Å². The summed E-state index contributed by atoms with van der Waals surface area (Å²) in [7, 11) is 0. The molecule has 20 heavy (non-hydrogen) atoms. The van der Waals surface area contributed by atoms with Crippen LogP contribution in [0.15, 0.2) is 46.6 Å². The zero-order chi connectivity index (χ0) is 13.4. The second-order valence-corrected chi connectivity index (χ2v) is 7.09. The van der Waals surface area contributed by atoms with Gasteiger partial charge in [-0.2, -0.15) is 0 Å². The van der Waals surface area contributed by atoms with E-state index < -0.39 is 0 Å². The number of allylic oxidation sites excluding steroid dienone is 8. The first kappa shape index (κ1) is 12.7. The van der Waals surface area contributed by atoms with Gasteiger partial charge < -0.3 is 0 Å². The molecule has 0 aliphatic heterocycles. The van der Waals surface area contributed by atoms with Gasteiger partial charge in [-0.3, -0.25) is 0 Å². The second-order valence-electron chi connectivity index (χ2n) is 7.09. The Kier molecular flexibility index (Phi) is 3.42. The van der Waals surface area contributed by atoms with Crippen molar-refractivity contribution in [1.29, 1.82) is 0 Å². The van der Waals surface area contributed by atoms with Gasteiger partial charge in [0.05, 0.1) is 0 Å². The van der Waals surface area contributed by atoms with Crippen LogP contribution in [0.1, 0.15) is 64.2 Å². The minimum Gasteiger partial charge on any atom is -0.0741 e. The van der Waals surface area contributed by atoms with Crippen LogP contribution in [0.2, 0.25) is 0 Å². The lowest BCUT2D eigenvalue weighted by Gasteiger charge is -2.09. The van der Waals surface area contributed by atoms with E-state index in [9.17, 15) is 0 Å². The number of fused-ring (bicyclic) bond motifs is 2. The fourth-order valence-corrected chi connectivity index (χ4v) is 4.53. The van der Waals surface area contributed by atoms with E-state index in [0.717, 1.165) is 11.8 Å². The number of rotatable bonds is 3. The van der Waals surface area contributed by atoms with E-state index in [4.69, 9.17) is 0 Å². The normalized spacial score (nSPS) is 26.6. The molecule has 0 radical (unpaired) electrons. The van der Waals surface area contributed by atoms with E-state index in [1.54, 1.807) is 22.3 Å². The fourth-order valence-electron chi connectivity index (χ4n) is 4.53. The topological polar surface area (TPSA) is 0 Å². The molecule has 0 aromatic carbocycles. The average Bonchev–Trinajstić information content (AvgIpc) is 3.08. The third-order valence-electron chi connectivity index (χ3n) is 5.60. The van der Waals surface area contributed by atoms with Crippen LogP contribution in [0.5, 0.6) is 0 Å². The van der Waals surface area contributed by atoms with Crippen LogP contribution in [-0.4, -0.2) is 0 Å². The van der Waals surface area contributed by atoms with Crippen molar-refractivity contribution < 1.29 is 0 Å². The third kappa shape index (κ3) is 2.45. The van der Waals surface area contributed by atoms with Gasteiger partial charge in [0, 0.05) is 0 Å². The van der Waals surface area contributed by atoms with Crippen LogP contribution in [0.25, 0.3) is 0 Å². The minimum atomic E-state index is 0.746. The standard InChI is InChI=1S/C20H26/c1-2-5-17-11-15(12-18(17)6-3-1)9-10-16-13-19-7-4-8-20(19)14-16/h11-16H,1-10H2. The largest absolute Gasteiger partial charge is 0.0741 e. The fraction of sp³-hybridized carbons (Fsp3) is 0.600. The first-order chi connectivity index (χ1) is 9.88. The summed E-state index contributed by atoms with van der Waals surface area (Å²) in [5.41, 5.74) is 6.77. The molecular formula is C20H26. The lowest BCUT2D eigenvalue weighted by Crippen LogP contribution is -1.96. The minimum absolute atomic E-state index is 0.746. The maximum atomic E-state index is 2.59. The van der Waals surface area contributed by atoms with Crippen LogP contribution in [-0.2, 0) is 0 Å². The quantitative estimate of drug-likeness (QED) is 0.598. The van der Waals surface area contributed by atoms with Crippen molar-refractivity contribution in [2.24, 2.45) is 11.8 Å². The van der Waals surface area contributed by atoms with Crippen molar-refractivity contribution in [1.82, 2.24) is 0 Å². The van der Waals surface area contributed by atoms with Gasteiger partial charge in [-0.15, -0.1) is 0 Å². The summed E-state index contributed by atoms with van der Waals surface area (Å²) in [6.07, 6.45) is 24.1. The second kappa shape index (κ2) is 5.39. The van der Waals surface area contributed by atoms with Gasteiger partial charge in [-0.05, 0) is 91.9 Å². The Morgan fingerprint density at radius 1 is 0.550 bits per heavy atom. The Hall–Kier alpha value is -1.04. The monoisotopic (exact) mass is 266 g/mol. The van der Waals surface area contributed by atoms with Crippen LogP contribution >= 0.6 is 0 Å². The van der Waals surface area contributed by atoms with E-state index in [1.807, 2.05) is 0 Å². The van der Waals surface area contributed by atoms with Crippen molar-refractivity contribution in [2.75, 3.05) is 0 Å². The molecule has 4 aliphatic carbocycles. The zero-order valence-corrected chi connectivity index (χ0v) is 12.5. The van der Waals surface area contributed by atoms with Gasteiger partial charge in [0.25, 0.3) is 0 Å². The molecule has 0 aromatic heterocycles. The Morgan fingerprint density at radius 3 is 1.40 bits per heavy atom. The summed E-state index contributed by atoms with van der Waals surface area (Å²) >= 11 is 0. The Bertz CT molecular complexity index is 470. The molecule has 106 valence electrons. The van der Waals surface area contributed by atoms with E-state index in [2.05, 4.69) is 24.3 Å². The molecule has 2 fully saturated rings. The highest BCUT2D eigenvalue weighted by molar-refractivity contribution is 5.42. The Balaban J connectivity index is 1.35. The summed E-state index contributed by atoms with van der Waals surface area (Å²) in [5, 5.41) is 0.